The average Bonchev–Trinajstić information content (AvgIpc) is 2.73. The minimum absolute atomic E-state index is 0.266. The van der Waals surface area contributed by atoms with E-state index >= 15 is 0 Å². The summed E-state index contributed by atoms with van der Waals surface area (Å²) in [5.41, 5.74) is 7.53. The fraction of sp³-hybridized carbons (Fsp3) is 0.533. The maximum absolute atomic E-state index is 13.2. The van der Waals surface area contributed by atoms with E-state index in [0.29, 0.717) is 11.5 Å². The third-order valence-corrected chi connectivity index (χ3v) is 4.34. The number of nitrogen functional groups attached to an aromatic ring is 1. The molecule has 0 aliphatic carbocycles. The molecular formula is C15H21FN4. The van der Waals surface area contributed by atoms with Gasteiger partial charge in [0, 0.05) is 12.6 Å². The van der Waals surface area contributed by atoms with Crippen molar-refractivity contribution in [3.05, 3.63) is 24.0 Å². The van der Waals surface area contributed by atoms with Crippen LogP contribution in [0.3, 0.4) is 0 Å². The molecule has 3 rings (SSSR count). The van der Waals surface area contributed by atoms with Gasteiger partial charge in [0.2, 0.25) is 5.95 Å². The molecule has 0 radical (unpaired) electrons. The summed E-state index contributed by atoms with van der Waals surface area (Å²) in [5.74, 6) is 0.972. The highest BCUT2D eigenvalue weighted by Gasteiger charge is 2.17. The summed E-state index contributed by atoms with van der Waals surface area (Å²) in [4.78, 5) is 6.62. The van der Waals surface area contributed by atoms with E-state index in [2.05, 4.69) is 16.9 Å². The first kappa shape index (κ1) is 13.4. The minimum atomic E-state index is -0.266. The van der Waals surface area contributed by atoms with Gasteiger partial charge in [-0.1, -0.05) is 0 Å². The number of benzene rings is 1. The van der Waals surface area contributed by atoms with Crippen molar-refractivity contribution < 1.29 is 4.39 Å². The number of rotatable bonds is 3. The zero-order valence-electron chi connectivity index (χ0n) is 11.8. The molecule has 0 atom stereocenters. The molecule has 20 heavy (non-hydrogen) atoms. The molecule has 4 nitrogen and oxygen atoms in total. The molecule has 1 aromatic carbocycles. The molecule has 1 aromatic heterocycles. The van der Waals surface area contributed by atoms with Gasteiger partial charge in [0.15, 0.2) is 0 Å². The third kappa shape index (κ3) is 2.63. The molecular weight excluding hydrogens is 255 g/mol. The number of anilines is 1. The van der Waals surface area contributed by atoms with Crippen LogP contribution in [0.2, 0.25) is 0 Å². The van der Waals surface area contributed by atoms with E-state index in [4.69, 9.17) is 5.73 Å². The fourth-order valence-electron chi connectivity index (χ4n) is 3.02. The van der Waals surface area contributed by atoms with Crippen LogP contribution in [0.15, 0.2) is 18.2 Å². The molecule has 1 aliphatic heterocycles. The summed E-state index contributed by atoms with van der Waals surface area (Å²) >= 11 is 0. The fourth-order valence-corrected chi connectivity index (χ4v) is 3.02. The number of hydrogen-bond acceptors (Lipinski definition) is 3. The lowest BCUT2D eigenvalue weighted by atomic mass is 9.94. The van der Waals surface area contributed by atoms with Crippen molar-refractivity contribution in [2.45, 2.75) is 25.8 Å². The standard InChI is InChI=1S/C15H21FN4/c1-19-7-4-11(5-8-19)6-9-20-14-3-2-12(16)10-13(14)18-15(20)17/h2-3,10-11H,4-9H2,1H3,(H2,17,18). The number of likely N-dealkylation sites (tertiary alicyclic amines) is 1. The lowest BCUT2D eigenvalue weighted by Gasteiger charge is -2.29. The number of fused-ring (bicyclic) bond motifs is 1. The van der Waals surface area contributed by atoms with E-state index in [1.165, 1.54) is 38.1 Å². The Hall–Kier alpha value is -1.62. The second-order valence-electron chi connectivity index (χ2n) is 5.79. The second-order valence-corrected chi connectivity index (χ2v) is 5.79. The molecule has 0 unspecified atom stereocenters. The first-order valence-electron chi connectivity index (χ1n) is 7.23. The molecule has 0 amide bonds. The molecule has 108 valence electrons. The highest BCUT2D eigenvalue weighted by Crippen LogP contribution is 2.24. The average molecular weight is 276 g/mol. The van der Waals surface area contributed by atoms with Crippen molar-refractivity contribution in [2.75, 3.05) is 25.9 Å². The lowest BCUT2D eigenvalue weighted by molar-refractivity contribution is 0.208. The Morgan fingerprint density at radius 2 is 2.10 bits per heavy atom. The second kappa shape index (κ2) is 5.40. The Labute approximate surface area is 118 Å². The van der Waals surface area contributed by atoms with E-state index in [1.807, 2.05) is 4.57 Å². The summed E-state index contributed by atoms with van der Waals surface area (Å²) < 4.78 is 15.2. The van der Waals surface area contributed by atoms with Gasteiger partial charge in [-0.05, 0) is 57.5 Å². The Morgan fingerprint density at radius 3 is 2.85 bits per heavy atom. The minimum Gasteiger partial charge on any atom is -0.369 e. The smallest absolute Gasteiger partial charge is 0.201 e. The van der Waals surface area contributed by atoms with Crippen LogP contribution in [0, 0.1) is 11.7 Å². The first-order chi connectivity index (χ1) is 9.63. The number of aryl methyl sites for hydroxylation is 1. The molecule has 2 N–H and O–H groups in total. The lowest BCUT2D eigenvalue weighted by Crippen LogP contribution is -2.30. The van der Waals surface area contributed by atoms with Gasteiger partial charge >= 0.3 is 0 Å². The summed E-state index contributed by atoms with van der Waals surface area (Å²) in [6.45, 7) is 3.22. The Kier molecular flexibility index (Phi) is 3.61. The van der Waals surface area contributed by atoms with Crippen molar-refractivity contribution in [2.24, 2.45) is 5.92 Å². The van der Waals surface area contributed by atoms with Gasteiger partial charge in [-0.2, -0.15) is 0 Å². The van der Waals surface area contributed by atoms with Crippen LogP contribution in [0.5, 0.6) is 0 Å². The van der Waals surface area contributed by atoms with Crippen LogP contribution >= 0.6 is 0 Å². The maximum Gasteiger partial charge on any atom is 0.201 e. The molecule has 1 saturated heterocycles. The topological polar surface area (TPSA) is 47.1 Å². The van der Waals surface area contributed by atoms with Gasteiger partial charge in [0.1, 0.15) is 5.82 Å². The van der Waals surface area contributed by atoms with Crippen molar-refractivity contribution in [3.63, 3.8) is 0 Å². The zero-order chi connectivity index (χ0) is 14.1. The quantitative estimate of drug-likeness (QED) is 0.937. The highest BCUT2D eigenvalue weighted by molar-refractivity contribution is 5.78. The van der Waals surface area contributed by atoms with Crippen molar-refractivity contribution in [1.82, 2.24) is 14.5 Å². The summed E-state index contributed by atoms with van der Waals surface area (Å²) in [7, 11) is 2.17. The van der Waals surface area contributed by atoms with Crippen LogP contribution in [0.25, 0.3) is 11.0 Å². The molecule has 1 aliphatic rings. The molecule has 0 spiro atoms. The number of nitrogens with two attached hydrogens (primary N) is 1. The van der Waals surface area contributed by atoms with Gasteiger partial charge < -0.3 is 15.2 Å². The summed E-state index contributed by atoms with van der Waals surface area (Å²) in [6.07, 6.45) is 3.61. The molecule has 0 bridgehead atoms. The SMILES string of the molecule is CN1CCC(CCn2c(N)nc3cc(F)ccc32)CC1. The number of hydrogen-bond donors (Lipinski definition) is 1. The van der Waals surface area contributed by atoms with Gasteiger partial charge in [-0.15, -0.1) is 0 Å². The van der Waals surface area contributed by atoms with Gasteiger partial charge in [0.25, 0.3) is 0 Å². The van der Waals surface area contributed by atoms with E-state index < -0.39 is 0 Å². The Bertz CT molecular complexity index is 599. The number of nitrogens with zero attached hydrogens (tertiary/aromatic N) is 3. The predicted octanol–water partition coefficient (Wildman–Crippen LogP) is 2.49. The van der Waals surface area contributed by atoms with E-state index in [0.717, 1.165) is 24.4 Å². The van der Waals surface area contributed by atoms with Crippen LogP contribution in [-0.2, 0) is 6.54 Å². The maximum atomic E-state index is 13.2. The Balaban J connectivity index is 1.72. The van der Waals surface area contributed by atoms with Crippen molar-refractivity contribution in [3.8, 4) is 0 Å². The van der Waals surface area contributed by atoms with E-state index in [9.17, 15) is 4.39 Å². The van der Waals surface area contributed by atoms with Crippen molar-refractivity contribution in [1.29, 1.82) is 0 Å². The number of halogens is 1. The van der Waals surface area contributed by atoms with E-state index in [-0.39, 0.29) is 5.82 Å². The predicted molar refractivity (Wildman–Crippen MR) is 78.9 cm³/mol. The number of piperidine rings is 1. The van der Waals surface area contributed by atoms with Gasteiger partial charge in [-0.3, -0.25) is 0 Å². The monoisotopic (exact) mass is 276 g/mol. The van der Waals surface area contributed by atoms with E-state index in [1.54, 1.807) is 6.07 Å². The summed E-state index contributed by atoms with van der Waals surface area (Å²) in [5, 5.41) is 0. The molecule has 0 saturated carbocycles. The zero-order valence-corrected chi connectivity index (χ0v) is 11.8. The number of imidazole rings is 1. The largest absolute Gasteiger partial charge is 0.369 e. The van der Waals surface area contributed by atoms with Crippen LogP contribution in [0.1, 0.15) is 19.3 Å². The molecule has 1 fully saturated rings. The summed E-state index contributed by atoms with van der Waals surface area (Å²) in [6, 6.07) is 4.68. The molecule has 2 aromatic rings. The molecule has 2 heterocycles. The van der Waals surface area contributed by atoms with Crippen LogP contribution in [-0.4, -0.2) is 34.6 Å². The number of aromatic nitrogens is 2. The molecule has 5 heteroatoms. The van der Waals surface area contributed by atoms with Crippen LogP contribution < -0.4 is 5.73 Å². The van der Waals surface area contributed by atoms with Gasteiger partial charge in [-0.25, -0.2) is 9.37 Å². The van der Waals surface area contributed by atoms with Gasteiger partial charge in [0.05, 0.1) is 11.0 Å². The van der Waals surface area contributed by atoms with Crippen LogP contribution in [0.4, 0.5) is 10.3 Å². The first-order valence-corrected chi connectivity index (χ1v) is 7.23. The van der Waals surface area contributed by atoms with Crippen molar-refractivity contribution >= 4 is 17.0 Å². The Morgan fingerprint density at radius 1 is 1.35 bits per heavy atom. The highest BCUT2D eigenvalue weighted by atomic mass is 19.1. The normalized spacial score (nSPS) is 17.9. The third-order valence-electron chi connectivity index (χ3n) is 4.34.